The predicted molar refractivity (Wildman–Crippen MR) is 74.1 cm³/mol. The Kier molecular flexibility index (Phi) is 5.55. The van der Waals surface area contributed by atoms with Crippen LogP contribution in [-0.2, 0) is 9.53 Å². The molecule has 19 heavy (non-hydrogen) atoms. The van der Waals surface area contributed by atoms with Crippen LogP contribution in [0.15, 0.2) is 30.3 Å². The molecule has 0 bridgehead atoms. The summed E-state index contributed by atoms with van der Waals surface area (Å²) < 4.78 is 5.27. The van der Waals surface area contributed by atoms with Gasteiger partial charge in [0.1, 0.15) is 5.78 Å². The van der Waals surface area contributed by atoms with Crippen LogP contribution in [-0.4, -0.2) is 30.7 Å². The summed E-state index contributed by atoms with van der Waals surface area (Å²) in [6, 6.07) is 10.5. The zero-order chi connectivity index (χ0) is 13.5. The van der Waals surface area contributed by atoms with Crippen molar-refractivity contribution in [1.82, 2.24) is 0 Å². The summed E-state index contributed by atoms with van der Waals surface area (Å²) in [6.45, 7) is 0.979. The van der Waals surface area contributed by atoms with Crippen LogP contribution in [0.1, 0.15) is 37.2 Å². The number of rotatable bonds is 6. The molecule has 1 saturated carbocycles. The third kappa shape index (κ3) is 4.15. The molecule has 2 unspecified atom stereocenters. The summed E-state index contributed by atoms with van der Waals surface area (Å²) in [4.78, 5) is 11.9. The summed E-state index contributed by atoms with van der Waals surface area (Å²) in [7, 11) is 0. The number of ether oxygens (including phenoxy) is 1. The minimum absolute atomic E-state index is 0.0469. The number of aliphatic hydroxyl groups is 1. The zero-order valence-corrected chi connectivity index (χ0v) is 11.3. The molecule has 3 heteroatoms. The molecule has 0 saturated heterocycles. The minimum Gasteiger partial charge on any atom is -0.394 e. The average molecular weight is 262 g/mol. The first-order chi connectivity index (χ1) is 9.31. The van der Waals surface area contributed by atoms with Crippen LogP contribution >= 0.6 is 0 Å². The molecule has 0 amide bonds. The van der Waals surface area contributed by atoms with Crippen LogP contribution in [0.5, 0.6) is 0 Å². The Morgan fingerprint density at radius 3 is 2.74 bits per heavy atom. The molecule has 0 aromatic heterocycles. The molecule has 1 fully saturated rings. The molecule has 1 aromatic rings. The van der Waals surface area contributed by atoms with Gasteiger partial charge in [0.2, 0.25) is 0 Å². The highest BCUT2D eigenvalue weighted by Gasteiger charge is 2.29. The predicted octanol–water partition coefficient (Wildman–Crippen LogP) is 2.54. The largest absolute Gasteiger partial charge is 0.394 e. The molecule has 2 atom stereocenters. The standard InChI is InChI=1S/C16H22O3/c17-9-11-19-10-8-15-12-14(6-7-16(15)18)13-4-2-1-3-5-13/h1-5,14-15,17H,6-12H2. The van der Waals surface area contributed by atoms with Crippen molar-refractivity contribution in [2.45, 2.75) is 31.6 Å². The molecule has 3 nitrogen and oxygen atoms in total. The van der Waals surface area contributed by atoms with Crippen molar-refractivity contribution < 1.29 is 14.6 Å². The minimum atomic E-state index is 0.0469. The van der Waals surface area contributed by atoms with E-state index in [9.17, 15) is 4.79 Å². The number of hydrogen-bond donors (Lipinski definition) is 1. The van der Waals surface area contributed by atoms with Gasteiger partial charge in [-0.05, 0) is 30.7 Å². The number of Topliss-reactive ketones (excluding diaryl/α,β-unsaturated/α-hetero) is 1. The van der Waals surface area contributed by atoms with Crippen molar-refractivity contribution in [3.05, 3.63) is 35.9 Å². The second kappa shape index (κ2) is 7.41. The molecule has 1 aliphatic rings. The maximum atomic E-state index is 11.9. The first-order valence-corrected chi connectivity index (χ1v) is 7.07. The van der Waals surface area contributed by atoms with Crippen LogP contribution in [0, 0.1) is 5.92 Å². The maximum Gasteiger partial charge on any atom is 0.136 e. The van der Waals surface area contributed by atoms with Crippen LogP contribution in [0.3, 0.4) is 0 Å². The molecule has 1 N–H and O–H groups in total. The van der Waals surface area contributed by atoms with Crippen LogP contribution in [0.25, 0.3) is 0 Å². The Morgan fingerprint density at radius 1 is 1.21 bits per heavy atom. The lowest BCUT2D eigenvalue weighted by molar-refractivity contribution is -0.125. The number of aliphatic hydroxyl groups excluding tert-OH is 1. The summed E-state index contributed by atoms with van der Waals surface area (Å²) in [5, 5.41) is 8.65. The fourth-order valence-electron chi connectivity index (χ4n) is 2.81. The molecule has 0 radical (unpaired) electrons. The monoisotopic (exact) mass is 262 g/mol. The topological polar surface area (TPSA) is 46.5 Å². The van der Waals surface area contributed by atoms with E-state index in [-0.39, 0.29) is 12.5 Å². The summed E-state index contributed by atoms with van der Waals surface area (Å²) in [6.07, 6.45) is 3.37. The normalized spacial score (nSPS) is 23.5. The fourth-order valence-corrected chi connectivity index (χ4v) is 2.81. The van der Waals surface area contributed by atoms with Gasteiger partial charge in [0.15, 0.2) is 0 Å². The van der Waals surface area contributed by atoms with E-state index >= 15 is 0 Å². The number of carbonyl (C=O) groups is 1. The first kappa shape index (κ1) is 14.2. The van der Waals surface area contributed by atoms with E-state index in [1.54, 1.807) is 0 Å². The van der Waals surface area contributed by atoms with E-state index in [0.717, 1.165) is 19.3 Å². The Hall–Kier alpha value is -1.19. The lowest BCUT2D eigenvalue weighted by atomic mass is 9.76. The smallest absolute Gasteiger partial charge is 0.136 e. The second-order valence-corrected chi connectivity index (χ2v) is 5.17. The van der Waals surface area contributed by atoms with Gasteiger partial charge in [-0.3, -0.25) is 4.79 Å². The van der Waals surface area contributed by atoms with Crippen LogP contribution in [0.2, 0.25) is 0 Å². The fraction of sp³-hybridized carbons (Fsp3) is 0.562. The van der Waals surface area contributed by atoms with E-state index in [0.29, 0.717) is 31.3 Å². The molecule has 0 aliphatic heterocycles. The third-order valence-corrected chi connectivity index (χ3v) is 3.88. The number of carbonyl (C=O) groups excluding carboxylic acids is 1. The first-order valence-electron chi connectivity index (χ1n) is 7.07. The SMILES string of the molecule is O=C1CCC(c2ccccc2)CC1CCOCCO. The zero-order valence-electron chi connectivity index (χ0n) is 11.3. The van der Waals surface area contributed by atoms with Gasteiger partial charge in [0.05, 0.1) is 13.2 Å². The maximum absolute atomic E-state index is 11.9. The lowest BCUT2D eigenvalue weighted by Crippen LogP contribution is -2.25. The Morgan fingerprint density at radius 2 is 2.00 bits per heavy atom. The van der Waals surface area contributed by atoms with E-state index in [1.807, 2.05) is 6.07 Å². The molecule has 1 aliphatic carbocycles. The van der Waals surface area contributed by atoms with Gasteiger partial charge in [0, 0.05) is 18.9 Å². The van der Waals surface area contributed by atoms with E-state index in [2.05, 4.69) is 24.3 Å². The van der Waals surface area contributed by atoms with E-state index in [1.165, 1.54) is 5.56 Å². The quantitative estimate of drug-likeness (QED) is 0.801. The highest BCUT2D eigenvalue weighted by atomic mass is 16.5. The number of benzene rings is 1. The summed E-state index contributed by atoms with van der Waals surface area (Å²) in [5.41, 5.74) is 1.34. The highest BCUT2D eigenvalue weighted by Crippen LogP contribution is 2.35. The van der Waals surface area contributed by atoms with Crippen molar-refractivity contribution >= 4 is 5.78 Å². The van der Waals surface area contributed by atoms with E-state index in [4.69, 9.17) is 9.84 Å². The van der Waals surface area contributed by atoms with Crippen molar-refractivity contribution in [3.8, 4) is 0 Å². The molecular weight excluding hydrogens is 240 g/mol. The van der Waals surface area contributed by atoms with Crippen molar-refractivity contribution in [2.75, 3.05) is 19.8 Å². The van der Waals surface area contributed by atoms with Gasteiger partial charge in [-0.1, -0.05) is 30.3 Å². The summed E-state index contributed by atoms with van der Waals surface area (Å²) in [5.74, 6) is 0.999. The number of hydrogen-bond acceptors (Lipinski definition) is 3. The average Bonchev–Trinajstić information content (AvgIpc) is 2.46. The molecule has 2 rings (SSSR count). The van der Waals surface area contributed by atoms with Crippen molar-refractivity contribution in [2.24, 2.45) is 5.92 Å². The van der Waals surface area contributed by atoms with Crippen molar-refractivity contribution in [1.29, 1.82) is 0 Å². The van der Waals surface area contributed by atoms with E-state index < -0.39 is 0 Å². The van der Waals surface area contributed by atoms with Gasteiger partial charge in [-0.15, -0.1) is 0 Å². The van der Waals surface area contributed by atoms with Crippen molar-refractivity contribution in [3.63, 3.8) is 0 Å². The van der Waals surface area contributed by atoms with Gasteiger partial charge >= 0.3 is 0 Å². The van der Waals surface area contributed by atoms with Gasteiger partial charge in [0.25, 0.3) is 0 Å². The summed E-state index contributed by atoms with van der Waals surface area (Å²) >= 11 is 0. The molecule has 104 valence electrons. The molecule has 0 spiro atoms. The molecular formula is C16H22O3. The highest BCUT2D eigenvalue weighted by molar-refractivity contribution is 5.82. The van der Waals surface area contributed by atoms with Gasteiger partial charge in [-0.2, -0.15) is 0 Å². The number of ketones is 1. The van der Waals surface area contributed by atoms with Gasteiger partial charge in [-0.25, -0.2) is 0 Å². The van der Waals surface area contributed by atoms with Crippen LogP contribution in [0.4, 0.5) is 0 Å². The molecule has 1 aromatic carbocycles. The third-order valence-electron chi connectivity index (χ3n) is 3.88. The van der Waals surface area contributed by atoms with Gasteiger partial charge < -0.3 is 9.84 Å². The van der Waals surface area contributed by atoms with Crippen LogP contribution < -0.4 is 0 Å². The Balaban J connectivity index is 1.87. The molecule has 0 heterocycles. The Bertz CT molecular complexity index is 388. The lowest BCUT2D eigenvalue weighted by Gasteiger charge is -2.28. The second-order valence-electron chi connectivity index (χ2n) is 5.17. The Labute approximate surface area is 114 Å².